The van der Waals surface area contributed by atoms with Gasteiger partial charge in [-0.05, 0) is 41.5 Å². The van der Waals surface area contributed by atoms with Crippen LogP contribution in [0.1, 0.15) is 199 Å². The van der Waals surface area contributed by atoms with Gasteiger partial charge in [-0.2, -0.15) is 0 Å². The number of hydrogen-bond donors (Lipinski definition) is 8. The molecule has 0 saturated heterocycles. The molecule has 0 amide bonds. The predicted molar refractivity (Wildman–Crippen MR) is 370 cm³/mol. The molecule has 21 nitrogen and oxygen atoms in total. The van der Waals surface area contributed by atoms with Crippen LogP contribution in [0.5, 0.6) is 0 Å². The van der Waals surface area contributed by atoms with Gasteiger partial charge in [0, 0.05) is 123 Å². The van der Waals surface area contributed by atoms with Gasteiger partial charge in [0.15, 0.2) is 0 Å². The summed E-state index contributed by atoms with van der Waals surface area (Å²) in [6.45, 7) is 34.7. The van der Waals surface area contributed by atoms with Crippen LogP contribution in [0.2, 0.25) is 0 Å². The monoisotopic (exact) mass is 1320 g/mol. The molecule has 3 aliphatic rings. The molecule has 8 N–H and O–H groups in total. The average Bonchev–Trinajstić information content (AvgIpc) is 3.76. The van der Waals surface area contributed by atoms with Crippen LogP contribution in [0.15, 0.2) is 0 Å². The van der Waals surface area contributed by atoms with Gasteiger partial charge in [-0.25, -0.2) is 0 Å². The van der Waals surface area contributed by atoms with Crippen molar-refractivity contribution < 1.29 is 87.5 Å². The Morgan fingerprint density at radius 1 is 0.297 bits per heavy atom. The molecule has 3 aliphatic carbocycles. The average molecular weight is 1320 g/mol. The second-order valence-corrected chi connectivity index (χ2v) is 26.3. The number of methoxy groups -OCH3 is 3. The first-order chi connectivity index (χ1) is 43.6. The Bertz CT molecular complexity index is 1240. The van der Waals surface area contributed by atoms with Crippen molar-refractivity contribution >= 4 is 0 Å². The van der Waals surface area contributed by atoms with Crippen LogP contribution in [-0.2, 0) is 56.8 Å². The standard InChI is InChI=1S/C43H91N3O15.3C6H12.3C3H8O/c1-10-53-23-38(50)26-59-32-41(4,5)29-56-20-35(47)17-44-13-15-46(19-37(49)22-58-31-43(8,9)34-61-28-40(52)25-55-12-3)16-14-45-18-36(48)21-57-30-42(6,7)33-60-27-39(51)24-54-11-2;3*1-2-4-6-5-3-1;3*1-3-4-2/h35-40,44-45,47-52H,10-34H2,1-9H3;3*1-6H2;3*3H2,1-2H3. The molecule has 0 aromatic carbocycles. The SMILES string of the molecule is C1CCCCC1.C1CCCCC1.C1CCCCC1.CCOC.CCOC.CCOC.CCOCC(O)COCC(C)(C)COCC(O)CNCCN(CCNCC(O)COCC(C)(C)COCC(O)COCC)CC(O)COCC(C)(C)COCC(O)COCC. The van der Waals surface area contributed by atoms with Crippen molar-refractivity contribution in [2.24, 2.45) is 16.2 Å². The Balaban J connectivity index is -0.00000101. The lowest BCUT2D eigenvalue weighted by atomic mass is 9.96. The maximum atomic E-state index is 10.9. The maximum Gasteiger partial charge on any atom is 0.101 e. The van der Waals surface area contributed by atoms with Crippen LogP contribution in [0.4, 0.5) is 0 Å². The minimum atomic E-state index is -0.761. The van der Waals surface area contributed by atoms with E-state index >= 15 is 0 Å². The van der Waals surface area contributed by atoms with Crippen molar-refractivity contribution in [2.45, 2.75) is 235 Å². The molecule has 0 heterocycles. The molecule has 3 fully saturated rings. The molecule has 0 aromatic rings. The number of ether oxygens (including phenoxy) is 12. The summed E-state index contributed by atoms with van der Waals surface area (Å²) >= 11 is 0. The third-order valence-electron chi connectivity index (χ3n) is 14.2. The Labute approximate surface area is 558 Å². The van der Waals surface area contributed by atoms with Crippen LogP contribution >= 0.6 is 0 Å². The van der Waals surface area contributed by atoms with E-state index in [9.17, 15) is 30.6 Å². The Morgan fingerprint density at radius 3 is 0.681 bits per heavy atom. The minimum Gasteiger partial charge on any atom is -0.389 e. The van der Waals surface area contributed by atoms with E-state index in [1.807, 2.05) is 83.1 Å². The molecule has 3 rings (SSSR count). The number of rotatable bonds is 48. The highest BCUT2D eigenvalue weighted by Crippen LogP contribution is 2.20. The second kappa shape index (κ2) is 71.9. The van der Waals surface area contributed by atoms with Gasteiger partial charge in [0.2, 0.25) is 0 Å². The Kier molecular flexibility index (Phi) is 76.3. The van der Waals surface area contributed by atoms with Crippen molar-refractivity contribution in [2.75, 3.05) is 206 Å². The van der Waals surface area contributed by atoms with Crippen LogP contribution in [-0.4, -0.2) is 278 Å². The van der Waals surface area contributed by atoms with Crippen LogP contribution in [0.3, 0.4) is 0 Å². The molecular weight excluding hydrogens is 1170 g/mol. The van der Waals surface area contributed by atoms with Crippen molar-refractivity contribution in [1.82, 2.24) is 15.5 Å². The van der Waals surface area contributed by atoms with Crippen molar-refractivity contribution in [1.29, 1.82) is 0 Å². The quantitative estimate of drug-likeness (QED) is 0.0265. The van der Waals surface area contributed by atoms with Gasteiger partial charge in [0.1, 0.15) is 18.3 Å². The van der Waals surface area contributed by atoms with Crippen LogP contribution < -0.4 is 10.6 Å². The fourth-order valence-corrected chi connectivity index (χ4v) is 8.82. The summed E-state index contributed by atoms with van der Waals surface area (Å²) in [6.07, 6.45) is 22.7. The summed E-state index contributed by atoms with van der Waals surface area (Å²) in [6, 6.07) is 0. The predicted octanol–water partition coefficient (Wildman–Crippen LogP) is 8.90. The summed E-state index contributed by atoms with van der Waals surface area (Å²) in [7, 11) is 5.04. The fraction of sp³-hybridized carbons (Fsp3) is 1.00. The van der Waals surface area contributed by atoms with E-state index in [0.717, 1.165) is 19.8 Å². The highest BCUT2D eigenvalue weighted by atomic mass is 16.5. The van der Waals surface area contributed by atoms with Gasteiger partial charge in [-0.15, -0.1) is 0 Å². The first-order valence-corrected chi connectivity index (χ1v) is 35.5. The lowest BCUT2D eigenvalue weighted by Gasteiger charge is -2.28. The van der Waals surface area contributed by atoms with Crippen LogP contribution in [0, 0.1) is 16.2 Å². The number of aliphatic hydroxyl groups is 6. The maximum absolute atomic E-state index is 10.9. The smallest absolute Gasteiger partial charge is 0.101 e. The molecule has 91 heavy (non-hydrogen) atoms. The van der Waals surface area contributed by atoms with Crippen molar-refractivity contribution in [3.8, 4) is 0 Å². The summed E-state index contributed by atoms with van der Waals surface area (Å²) < 4.78 is 63.7. The lowest BCUT2D eigenvalue weighted by molar-refractivity contribution is -0.0611. The third kappa shape index (κ3) is 79.7. The molecular formula is C70H151N3O18. The normalized spacial score (nSPS) is 16.4. The van der Waals surface area contributed by atoms with Crippen LogP contribution in [0.25, 0.3) is 0 Å². The largest absolute Gasteiger partial charge is 0.389 e. The molecule has 21 heteroatoms. The summed E-state index contributed by atoms with van der Waals surface area (Å²) in [5.41, 5.74) is -0.944. The van der Waals surface area contributed by atoms with Gasteiger partial charge in [0.05, 0.1) is 117 Å². The minimum absolute atomic E-state index is 0.129. The van der Waals surface area contributed by atoms with Gasteiger partial charge >= 0.3 is 0 Å². The number of hydrogen-bond acceptors (Lipinski definition) is 21. The zero-order chi connectivity index (χ0) is 69.0. The molecule has 0 bridgehead atoms. The van der Waals surface area contributed by atoms with E-state index in [1.165, 1.54) is 116 Å². The van der Waals surface area contributed by atoms with Gasteiger partial charge in [-0.1, -0.05) is 157 Å². The summed E-state index contributed by atoms with van der Waals surface area (Å²) in [4.78, 5) is 2.09. The van der Waals surface area contributed by atoms with Gasteiger partial charge < -0.3 is 98.1 Å². The number of aliphatic hydroxyl groups excluding tert-OH is 6. The van der Waals surface area contributed by atoms with E-state index in [4.69, 9.17) is 42.6 Å². The molecule has 0 spiro atoms. The fourth-order valence-electron chi connectivity index (χ4n) is 8.82. The molecule has 6 unspecified atom stereocenters. The molecule has 0 aromatic heterocycles. The number of nitrogens with one attached hydrogen (secondary N) is 2. The van der Waals surface area contributed by atoms with E-state index in [1.54, 1.807) is 21.3 Å². The summed E-state index contributed by atoms with van der Waals surface area (Å²) in [5.74, 6) is 0. The molecule has 6 atom stereocenters. The van der Waals surface area contributed by atoms with E-state index in [2.05, 4.69) is 29.7 Å². The Morgan fingerprint density at radius 2 is 0.484 bits per heavy atom. The molecule has 0 aliphatic heterocycles. The topological polar surface area (TPSA) is 259 Å². The molecule has 0 radical (unpaired) electrons. The zero-order valence-electron chi connectivity index (χ0n) is 61.5. The van der Waals surface area contributed by atoms with Gasteiger partial charge in [0.25, 0.3) is 0 Å². The summed E-state index contributed by atoms with van der Waals surface area (Å²) in [5, 5.41) is 68.4. The first kappa shape index (κ1) is 96.5. The van der Waals surface area contributed by atoms with Crippen molar-refractivity contribution in [3.63, 3.8) is 0 Å². The van der Waals surface area contributed by atoms with E-state index < -0.39 is 36.6 Å². The zero-order valence-corrected chi connectivity index (χ0v) is 61.5. The lowest BCUT2D eigenvalue weighted by Crippen LogP contribution is -2.44. The van der Waals surface area contributed by atoms with Gasteiger partial charge in [-0.3, -0.25) is 4.90 Å². The van der Waals surface area contributed by atoms with E-state index in [0.29, 0.717) is 105 Å². The van der Waals surface area contributed by atoms with Crippen molar-refractivity contribution in [3.05, 3.63) is 0 Å². The highest BCUT2D eigenvalue weighted by Gasteiger charge is 2.24. The number of nitrogens with zero attached hydrogens (tertiary/aromatic N) is 1. The highest BCUT2D eigenvalue weighted by molar-refractivity contribution is 4.74. The molecule has 554 valence electrons. The third-order valence-corrected chi connectivity index (χ3v) is 14.2. The Hall–Kier alpha value is -0.840. The molecule has 3 saturated carbocycles. The second-order valence-electron chi connectivity index (χ2n) is 26.3. The first-order valence-electron chi connectivity index (χ1n) is 35.5. The van der Waals surface area contributed by atoms with E-state index in [-0.39, 0.29) is 75.7 Å².